The molecule has 0 unspecified atom stereocenters. The Morgan fingerprint density at radius 3 is 2.21 bits per heavy atom. The smallest absolute Gasteiger partial charge is 0.346 e. The molecule has 2 aliphatic carbocycles. The number of sulfone groups is 1. The zero-order valence-electron chi connectivity index (χ0n) is 36.0. The van der Waals surface area contributed by atoms with Gasteiger partial charge in [0, 0.05) is 38.9 Å². The minimum Gasteiger partial charge on any atom is -0.346 e. The summed E-state index contributed by atoms with van der Waals surface area (Å²) in [7, 11) is -8.10. The van der Waals surface area contributed by atoms with Crippen molar-refractivity contribution >= 4 is 76.7 Å². The summed E-state index contributed by atoms with van der Waals surface area (Å²) < 4.78 is 197. The molecule has 0 spiro atoms. The van der Waals surface area contributed by atoms with E-state index in [4.69, 9.17) is 16.6 Å². The minimum absolute atomic E-state index is 0.0454. The number of nitrogens with zero attached hydrogens (tertiary/aromatic N) is 5. The van der Waals surface area contributed by atoms with Gasteiger partial charge in [-0.05, 0) is 80.3 Å². The van der Waals surface area contributed by atoms with E-state index in [1.165, 1.54) is 48.6 Å². The van der Waals surface area contributed by atoms with Crippen LogP contribution in [-0.2, 0) is 69.1 Å². The van der Waals surface area contributed by atoms with Gasteiger partial charge in [0.1, 0.15) is 40.9 Å². The lowest BCUT2D eigenvalue weighted by Crippen LogP contribution is -2.35. The number of alkyl halides is 9. The van der Waals surface area contributed by atoms with Gasteiger partial charge in [0.15, 0.2) is 21.3 Å². The van der Waals surface area contributed by atoms with Crippen LogP contribution in [0, 0.1) is 29.4 Å². The molecule has 2 aromatic carbocycles. The molecule has 12 nitrogen and oxygen atoms in total. The second kappa shape index (κ2) is 17.6. The number of pyridine rings is 1. The highest BCUT2D eigenvalue weighted by Crippen LogP contribution is 2.58. The largest absolute Gasteiger partial charge is 0.435 e. The van der Waals surface area contributed by atoms with E-state index >= 15 is 8.78 Å². The zero-order chi connectivity index (χ0) is 50.4. The Labute approximate surface area is 400 Å². The number of benzene rings is 2. The van der Waals surface area contributed by atoms with Crippen LogP contribution in [0.3, 0.4) is 0 Å². The maximum Gasteiger partial charge on any atom is 0.435 e. The van der Waals surface area contributed by atoms with Crippen LogP contribution in [0.1, 0.15) is 82.2 Å². The van der Waals surface area contributed by atoms with Crippen LogP contribution in [0.25, 0.3) is 22.0 Å². The molecule has 3 aromatic heterocycles. The summed E-state index contributed by atoms with van der Waals surface area (Å²) in [4.78, 5) is 19.1. The molecule has 3 heterocycles. The number of carbonyl (C=O) groups excluding carboxylic acids is 1. The van der Waals surface area contributed by atoms with E-state index in [0.29, 0.717) is 34.6 Å². The molecule has 0 aliphatic heterocycles. The van der Waals surface area contributed by atoms with Crippen LogP contribution in [0.4, 0.5) is 49.7 Å². The van der Waals surface area contributed by atoms with Crippen molar-refractivity contribution in [2.75, 3.05) is 17.2 Å². The number of carbonyl (C=O) groups is 1. The maximum absolute atomic E-state index is 15.8. The van der Waals surface area contributed by atoms with E-state index < -0.39 is 124 Å². The second-order valence-electron chi connectivity index (χ2n) is 17.1. The molecule has 2 aliphatic rings. The molecule has 7 rings (SSSR count). The Bertz CT molecular complexity index is 3180. The summed E-state index contributed by atoms with van der Waals surface area (Å²) in [6.45, 7) is 0.555. The lowest BCUT2D eigenvalue weighted by Gasteiger charge is -2.25. The Morgan fingerprint density at radius 1 is 0.985 bits per heavy atom. The summed E-state index contributed by atoms with van der Waals surface area (Å²) in [5.74, 6) is -4.21. The Balaban J connectivity index is 1.53. The number of hydrogen-bond donors (Lipinski definition) is 2. The van der Waals surface area contributed by atoms with E-state index in [9.17, 15) is 56.8 Å². The van der Waals surface area contributed by atoms with Crippen molar-refractivity contribution in [3.05, 3.63) is 92.0 Å². The average molecular weight is 1140 g/mol. The van der Waals surface area contributed by atoms with E-state index in [0.717, 1.165) is 25.3 Å². The molecule has 3 atom stereocenters. The molecule has 5 aromatic rings. The van der Waals surface area contributed by atoms with Crippen molar-refractivity contribution in [3.8, 4) is 23.0 Å². The lowest BCUT2D eigenvalue weighted by molar-refractivity contribution is -0.143. The average Bonchev–Trinajstić information content (AvgIpc) is 3.94. The maximum atomic E-state index is 15.8. The summed E-state index contributed by atoms with van der Waals surface area (Å²) >= 11 is 8.02. The minimum atomic E-state index is -5.23. The van der Waals surface area contributed by atoms with Crippen LogP contribution < -0.4 is 10.0 Å². The molecule has 0 bridgehead atoms. The first-order valence-corrected chi connectivity index (χ1v) is 25.6. The highest BCUT2D eigenvalue weighted by atomic mass is 127. The van der Waals surface area contributed by atoms with E-state index in [1.54, 1.807) is 0 Å². The Morgan fingerprint density at radius 2 is 1.62 bits per heavy atom. The van der Waals surface area contributed by atoms with Crippen LogP contribution >= 0.6 is 34.2 Å². The van der Waals surface area contributed by atoms with E-state index in [1.807, 2.05) is 0 Å². The highest BCUT2D eigenvalue weighted by molar-refractivity contribution is 14.1. The van der Waals surface area contributed by atoms with Gasteiger partial charge in [-0.3, -0.25) is 18.9 Å². The standard InChI is InChI=1S/C42H37ClF10IN7O5S2/c1-19-33(54)32-36(42(51,52)53)57-60(37(32)41(19,49)50)17-29(62)55-28(15-20-13-21(44)16-22(45)14-20)34-30(24-8-6-7-23(24)27(56-34)11-12-39(2,3)67(4,63)64)25-9-10-26(43)31-35(25)61(18-40(46,47)48)58-38(31)59-68(5,65)66/h9-10,13-14,16,19,28,33H,6-8,15,17-18H2,1-5H3,(H,55,62)(H,58,59)/t19-,28-,33+/m1/s1. The van der Waals surface area contributed by atoms with Gasteiger partial charge in [-0.2, -0.15) is 45.3 Å². The van der Waals surface area contributed by atoms with Crippen molar-refractivity contribution in [2.24, 2.45) is 5.92 Å². The fourth-order valence-corrected chi connectivity index (χ4v) is 10.3. The molecule has 0 saturated heterocycles. The molecule has 1 amide bonds. The zero-order valence-corrected chi connectivity index (χ0v) is 40.5. The first kappa shape index (κ1) is 51.2. The fourth-order valence-electron chi connectivity index (χ4n) is 8.27. The number of nitrogens with one attached hydrogen (secondary N) is 2. The van der Waals surface area contributed by atoms with Gasteiger partial charge >= 0.3 is 12.4 Å². The van der Waals surface area contributed by atoms with Crippen molar-refractivity contribution in [1.82, 2.24) is 29.9 Å². The number of fused-ring (bicyclic) bond motifs is 3. The van der Waals surface area contributed by atoms with Crippen LogP contribution in [-0.4, -0.2) is 70.7 Å². The van der Waals surface area contributed by atoms with Crippen LogP contribution in [0.2, 0.25) is 5.02 Å². The number of amides is 1. The third-order valence-electron chi connectivity index (χ3n) is 11.6. The van der Waals surface area contributed by atoms with Crippen molar-refractivity contribution < 1.29 is 65.5 Å². The first-order valence-electron chi connectivity index (χ1n) is 20.2. The van der Waals surface area contributed by atoms with E-state index in [2.05, 4.69) is 32.1 Å². The third-order valence-corrected chi connectivity index (χ3v) is 16.1. The van der Waals surface area contributed by atoms with Gasteiger partial charge < -0.3 is 5.32 Å². The normalized spacial score (nSPS) is 17.7. The molecule has 366 valence electrons. The summed E-state index contributed by atoms with van der Waals surface area (Å²) in [5.41, 5.74) is -4.13. The predicted molar refractivity (Wildman–Crippen MR) is 238 cm³/mol. The molecule has 68 heavy (non-hydrogen) atoms. The number of aromatic nitrogens is 5. The highest BCUT2D eigenvalue weighted by Gasteiger charge is 2.58. The van der Waals surface area contributed by atoms with Gasteiger partial charge in [0.05, 0.1) is 33.9 Å². The molecular formula is C42H37ClF10IN7O5S2. The number of hydrogen-bond acceptors (Lipinski definition) is 8. The summed E-state index contributed by atoms with van der Waals surface area (Å²) in [6, 6.07) is 3.04. The molecular weight excluding hydrogens is 1100 g/mol. The molecule has 0 fully saturated rings. The van der Waals surface area contributed by atoms with Gasteiger partial charge in [-0.25, -0.2) is 30.6 Å². The van der Waals surface area contributed by atoms with Crippen molar-refractivity contribution in [2.45, 2.75) is 92.5 Å². The summed E-state index contributed by atoms with van der Waals surface area (Å²) in [5, 5.41) is 9.30. The number of sulfonamides is 1. The molecule has 2 N–H and O–H groups in total. The van der Waals surface area contributed by atoms with Gasteiger partial charge in [-0.1, -0.05) is 53.1 Å². The summed E-state index contributed by atoms with van der Waals surface area (Å²) in [6.07, 6.45) is -8.52. The SMILES string of the molecule is C[C@@H]1[C@H](I)c2c(C(F)(F)F)nn(CC(=O)N[C@H](Cc3cc(F)cc(F)c3)c3nc(C#CC(C)(C)S(C)(=O)=O)c4c(c3-c3ccc(Cl)c5c(NS(C)(=O)=O)nn(CC(F)(F)F)c35)CCC4)c2C1(F)F. The van der Waals surface area contributed by atoms with Gasteiger partial charge in [0.2, 0.25) is 15.9 Å². The van der Waals surface area contributed by atoms with Crippen LogP contribution in [0.5, 0.6) is 0 Å². The number of rotatable bonds is 11. The Kier molecular flexibility index (Phi) is 13.3. The third kappa shape index (κ3) is 10.0. The fraction of sp³-hybridized carbons (Fsp3) is 0.429. The van der Waals surface area contributed by atoms with Crippen molar-refractivity contribution in [1.29, 1.82) is 0 Å². The second-order valence-corrected chi connectivity index (χ2v) is 23.1. The number of anilines is 1. The Hall–Kier alpha value is -4.68. The monoisotopic (exact) mass is 1140 g/mol. The van der Waals surface area contributed by atoms with Crippen LogP contribution in [0.15, 0.2) is 30.3 Å². The van der Waals surface area contributed by atoms with Gasteiger partial charge in [0.25, 0.3) is 5.92 Å². The van der Waals surface area contributed by atoms with Gasteiger partial charge in [-0.15, -0.1) is 0 Å². The van der Waals surface area contributed by atoms with E-state index in [-0.39, 0.29) is 56.0 Å². The topological polar surface area (TPSA) is 158 Å². The molecule has 26 heteroatoms. The van der Waals surface area contributed by atoms with Crippen molar-refractivity contribution in [3.63, 3.8) is 0 Å². The predicted octanol–water partition coefficient (Wildman–Crippen LogP) is 9.16. The lowest BCUT2D eigenvalue weighted by atomic mass is 9.88. The number of halogens is 12. The first-order chi connectivity index (χ1) is 31.2. The molecule has 0 radical (unpaired) electrons. The quantitative estimate of drug-likeness (QED) is 0.0574. The molecule has 0 saturated carbocycles.